The van der Waals surface area contributed by atoms with Gasteiger partial charge < -0.3 is 4.74 Å². The molecule has 2 aromatic rings. The fraction of sp³-hybridized carbons (Fsp3) is 0.500. The molecule has 146 valence electrons. The van der Waals surface area contributed by atoms with Gasteiger partial charge in [0.15, 0.2) is 0 Å². The molecule has 1 aliphatic heterocycles. The highest BCUT2D eigenvalue weighted by atomic mass is 16.7. The van der Waals surface area contributed by atoms with Crippen LogP contribution in [-0.4, -0.2) is 16.1 Å². The Labute approximate surface area is 164 Å². The van der Waals surface area contributed by atoms with Crippen molar-refractivity contribution in [2.75, 3.05) is 0 Å². The minimum absolute atomic E-state index is 0.0192. The second kappa shape index (κ2) is 8.04. The van der Waals surface area contributed by atoms with E-state index in [1.807, 2.05) is 30.3 Å². The van der Waals surface area contributed by atoms with Gasteiger partial charge in [-0.1, -0.05) is 42.5 Å². The minimum Gasteiger partial charge on any atom is -0.489 e. The molecule has 0 aliphatic carbocycles. The smallest absolute Gasteiger partial charge is 0.119 e. The summed E-state index contributed by atoms with van der Waals surface area (Å²) < 4.78 is 5.83. The molecule has 1 aliphatic rings. The Morgan fingerprint density at radius 3 is 2.07 bits per heavy atom. The molecule has 3 heteroatoms. The summed E-state index contributed by atoms with van der Waals surface area (Å²) in [6, 6.07) is 18.5. The molecule has 0 N–H and O–H groups in total. The maximum atomic E-state index is 6.48. The lowest BCUT2D eigenvalue weighted by Crippen LogP contribution is -2.58. The molecule has 1 atom stereocenters. The number of para-hydroxylation sites is 1. The lowest BCUT2D eigenvalue weighted by atomic mass is 9.82. The molecule has 1 saturated heterocycles. The van der Waals surface area contributed by atoms with E-state index in [4.69, 9.17) is 9.57 Å². The van der Waals surface area contributed by atoms with Crippen LogP contribution in [0.5, 0.6) is 5.75 Å². The number of piperidine rings is 1. The van der Waals surface area contributed by atoms with Crippen molar-refractivity contribution in [3.63, 3.8) is 0 Å². The first-order valence-corrected chi connectivity index (χ1v) is 10.0. The molecule has 0 radical (unpaired) electrons. The molecule has 3 nitrogen and oxygen atoms in total. The maximum Gasteiger partial charge on any atom is 0.119 e. The van der Waals surface area contributed by atoms with Gasteiger partial charge in [0.2, 0.25) is 0 Å². The summed E-state index contributed by atoms with van der Waals surface area (Å²) in [5.74, 6) is 0.896. The van der Waals surface area contributed by atoms with Crippen LogP contribution in [0.2, 0.25) is 0 Å². The number of rotatable bonds is 6. The number of hydrogen-bond donors (Lipinski definition) is 0. The monoisotopic (exact) mass is 367 g/mol. The van der Waals surface area contributed by atoms with E-state index in [9.17, 15) is 0 Å². The summed E-state index contributed by atoms with van der Waals surface area (Å²) in [4.78, 5) is 6.48. The second-order valence-electron chi connectivity index (χ2n) is 8.86. The first kappa shape index (κ1) is 19.9. The van der Waals surface area contributed by atoms with Crippen molar-refractivity contribution in [3.05, 3.63) is 65.7 Å². The van der Waals surface area contributed by atoms with Gasteiger partial charge in [-0.3, -0.25) is 4.84 Å². The number of nitrogens with zero attached hydrogens (tertiary/aromatic N) is 1. The molecule has 0 amide bonds. The highest BCUT2D eigenvalue weighted by Gasteiger charge is 2.43. The Balaban J connectivity index is 1.62. The van der Waals surface area contributed by atoms with Crippen LogP contribution in [0, 0.1) is 0 Å². The summed E-state index contributed by atoms with van der Waals surface area (Å²) >= 11 is 0. The number of benzene rings is 2. The van der Waals surface area contributed by atoms with Crippen LogP contribution in [0.25, 0.3) is 0 Å². The van der Waals surface area contributed by atoms with E-state index in [1.165, 1.54) is 24.8 Å². The van der Waals surface area contributed by atoms with Crippen LogP contribution in [0.4, 0.5) is 0 Å². The van der Waals surface area contributed by atoms with Gasteiger partial charge in [0.1, 0.15) is 18.5 Å². The molecule has 0 aromatic heterocycles. The van der Waals surface area contributed by atoms with Gasteiger partial charge in [-0.25, -0.2) is 0 Å². The van der Waals surface area contributed by atoms with Gasteiger partial charge in [-0.15, -0.1) is 0 Å². The Morgan fingerprint density at radius 2 is 1.48 bits per heavy atom. The molecule has 0 bridgehead atoms. The van der Waals surface area contributed by atoms with Crippen molar-refractivity contribution in [2.45, 2.75) is 77.7 Å². The summed E-state index contributed by atoms with van der Waals surface area (Å²) in [6.45, 7) is 11.8. The normalized spacial score (nSPS) is 20.2. The van der Waals surface area contributed by atoms with Crippen LogP contribution in [-0.2, 0) is 11.4 Å². The zero-order valence-electron chi connectivity index (χ0n) is 17.4. The average molecular weight is 368 g/mol. The van der Waals surface area contributed by atoms with Crippen molar-refractivity contribution in [2.24, 2.45) is 0 Å². The van der Waals surface area contributed by atoms with Crippen molar-refractivity contribution in [3.8, 4) is 5.75 Å². The third-order valence-electron chi connectivity index (χ3n) is 5.54. The lowest BCUT2D eigenvalue weighted by Gasteiger charge is -2.52. The zero-order chi connectivity index (χ0) is 19.5. The van der Waals surface area contributed by atoms with Crippen LogP contribution >= 0.6 is 0 Å². The van der Waals surface area contributed by atoms with Gasteiger partial charge in [0.05, 0.1) is 0 Å². The Kier molecular flexibility index (Phi) is 5.92. The molecule has 2 aromatic carbocycles. The summed E-state index contributed by atoms with van der Waals surface area (Å²) in [5.41, 5.74) is 2.46. The summed E-state index contributed by atoms with van der Waals surface area (Å²) in [7, 11) is 0. The van der Waals surface area contributed by atoms with Crippen LogP contribution in [0.15, 0.2) is 54.6 Å². The fourth-order valence-corrected chi connectivity index (χ4v) is 4.05. The van der Waals surface area contributed by atoms with Crippen LogP contribution in [0.3, 0.4) is 0 Å². The Bertz CT molecular complexity index is 706. The van der Waals surface area contributed by atoms with Crippen molar-refractivity contribution < 1.29 is 9.57 Å². The van der Waals surface area contributed by atoms with Crippen LogP contribution < -0.4 is 4.74 Å². The highest BCUT2D eigenvalue weighted by Crippen LogP contribution is 2.40. The summed E-state index contributed by atoms with van der Waals surface area (Å²) in [5, 5.41) is 2.24. The topological polar surface area (TPSA) is 21.7 Å². The maximum absolute atomic E-state index is 6.48. The van der Waals surface area contributed by atoms with E-state index >= 15 is 0 Å². The molecule has 27 heavy (non-hydrogen) atoms. The minimum atomic E-state index is 0.0192. The SMILES string of the molecule is CC(ON1C(C)(C)CCCC1(C)C)c1ccc(COc2ccccc2)cc1. The molecular formula is C24H33NO2. The van der Waals surface area contributed by atoms with E-state index in [1.54, 1.807) is 0 Å². The molecule has 0 spiro atoms. The quantitative estimate of drug-likeness (QED) is 0.598. The standard InChI is InChI=1S/C24H33NO2/c1-19(27-25-23(2,3)16-9-17-24(25,4)5)21-14-12-20(13-15-21)18-26-22-10-7-6-8-11-22/h6-8,10-15,19H,9,16-18H2,1-5H3. The Hall–Kier alpha value is -1.84. The third kappa shape index (κ3) is 4.91. The average Bonchev–Trinajstić information content (AvgIpc) is 2.64. The number of ether oxygens (including phenoxy) is 1. The summed E-state index contributed by atoms with van der Waals surface area (Å²) in [6.07, 6.45) is 3.60. The first-order chi connectivity index (χ1) is 12.8. The number of hydrogen-bond acceptors (Lipinski definition) is 3. The third-order valence-corrected chi connectivity index (χ3v) is 5.54. The van der Waals surface area contributed by atoms with Crippen molar-refractivity contribution in [1.29, 1.82) is 0 Å². The van der Waals surface area contributed by atoms with E-state index in [2.05, 4.69) is 63.9 Å². The van der Waals surface area contributed by atoms with Gasteiger partial charge in [-0.05, 0) is 77.1 Å². The molecule has 1 heterocycles. The number of hydroxylamine groups is 2. The predicted molar refractivity (Wildman–Crippen MR) is 111 cm³/mol. The Morgan fingerprint density at radius 1 is 0.889 bits per heavy atom. The van der Waals surface area contributed by atoms with Gasteiger partial charge in [0.25, 0.3) is 0 Å². The van der Waals surface area contributed by atoms with Gasteiger partial charge >= 0.3 is 0 Å². The zero-order valence-corrected chi connectivity index (χ0v) is 17.4. The van der Waals surface area contributed by atoms with E-state index < -0.39 is 0 Å². The second-order valence-corrected chi connectivity index (χ2v) is 8.86. The molecule has 0 saturated carbocycles. The van der Waals surface area contributed by atoms with Crippen molar-refractivity contribution >= 4 is 0 Å². The highest BCUT2D eigenvalue weighted by molar-refractivity contribution is 5.25. The first-order valence-electron chi connectivity index (χ1n) is 10.0. The lowest BCUT2D eigenvalue weighted by molar-refractivity contribution is -0.304. The van der Waals surface area contributed by atoms with E-state index in [0.717, 1.165) is 11.3 Å². The van der Waals surface area contributed by atoms with Gasteiger partial charge in [-0.2, -0.15) is 5.06 Å². The molecular weight excluding hydrogens is 334 g/mol. The molecule has 3 rings (SSSR count). The van der Waals surface area contributed by atoms with E-state index in [0.29, 0.717) is 6.61 Å². The fourth-order valence-electron chi connectivity index (χ4n) is 4.05. The largest absolute Gasteiger partial charge is 0.489 e. The molecule has 1 unspecified atom stereocenters. The van der Waals surface area contributed by atoms with Crippen LogP contribution in [0.1, 0.15) is 71.1 Å². The van der Waals surface area contributed by atoms with Crippen molar-refractivity contribution in [1.82, 2.24) is 5.06 Å². The molecule has 1 fully saturated rings. The van der Waals surface area contributed by atoms with E-state index in [-0.39, 0.29) is 17.2 Å². The van der Waals surface area contributed by atoms with Gasteiger partial charge in [0, 0.05) is 11.1 Å². The predicted octanol–water partition coefficient (Wildman–Crippen LogP) is 6.30.